The Kier molecular flexibility index (Phi) is 1.61. The Labute approximate surface area is 75.7 Å². The van der Waals surface area contributed by atoms with Crippen molar-refractivity contribution in [2.24, 2.45) is 28.4 Å². The van der Waals surface area contributed by atoms with Crippen molar-refractivity contribution in [1.29, 1.82) is 0 Å². The maximum Gasteiger partial charge on any atom is -0.00380 e. The van der Waals surface area contributed by atoms with Gasteiger partial charge in [-0.1, -0.05) is 27.2 Å². The van der Waals surface area contributed by atoms with Crippen LogP contribution in [0.15, 0.2) is 0 Å². The Morgan fingerprint density at radius 3 is 2.08 bits per heavy atom. The molecule has 0 amide bonds. The molecule has 0 heterocycles. The third-order valence-electron chi connectivity index (χ3n) is 5.09. The van der Waals surface area contributed by atoms with Gasteiger partial charge < -0.3 is 5.73 Å². The van der Waals surface area contributed by atoms with Crippen LogP contribution in [0.1, 0.15) is 40.0 Å². The number of rotatable bonds is 2. The fraction of sp³-hybridized carbons (Fsp3) is 1.00. The third kappa shape index (κ3) is 0.736. The second kappa shape index (κ2) is 2.25. The second-order valence-corrected chi connectivity index (χ2v) is 5.42. The molecule has 1 nitrogen and oxygen atoms in total. The summed E-state index contributed by atoms with van der Waals surface area (Å²) < 4.78 is 0. The van der Waals surface area contributed by atoms with Crippen molar-refractivity contribution in [2.45, 2.75) is 40.0 Å². The lowest BCUT2D eigenvalue weighted by Crippen LogP contribution is -2.26. The van der Waals surface area contributed by atoms with Crippen LogP contribution in [0.5, 0.6) is 0 Å². The van der Waals surface area contributed by atoms with E-state index in [1.54, 1.807) is 0 Å². The van der Waals surface area contributed by atoms with Crippen molar-refractivity contribution in [3.63, 3.8) is 0 Å². The molecule has 2 aliphatic carbocycles. The van der Waals surface area contributed by atoms with E-state index in [-0.39, 0.29) is 0 Å². The average molecular weight is 167 g/mol. The summed E-state index contributed by atoms with van der Waals surface area (Å²) in [6, 6.07) is 0. The van der Waals surface area contributed by atoms with Crippen molar-refractivity contribution in [3.05, 3.63) is 0 Å². The lowest BCUT2D eigenvalue weighted by Gasteiger charge is -2.34. The first-order chi connectivity index (χ1) is 5.55. The molecule has 2 rings (SSSR count). The zero-order chi connectivity index (χ0) is 8.98. The van der Waals surface area contributed by atoms with E-state index in [1.165, 1.54) is 19.3 Å². The molecule has 2 N–H and O–H groups in total. The van der Waals surface area contributed by atoms with Crippen LogP contribution in [0.3, 0.4) is 0 Å². The molecule has 0 bridgehead atoms. The first-order valence-electron chi connectivity index (χ1n) is 5.25. The first kappa shape index (κ1) is 8.55. The predicted octanol–water partition coefficient (Wildman–Crippen LogP) is 2.41. The third-order valence-corrected chi connectivity index (χ3v) is 5.09. The van der Waals surface area contributed by atoms with Gasteiger partial charge in [0.05, 0.1) is 0 Å². The fourth-order valence-electron chi connectivity index (χ4n) is 3.50. The van der Waals surface area contributed by atoms with Crippen molar-refractivity contribution in [1.82, 2.24) is 0 Å². The van der Waals surface area contributed by atoms with Crippen LogP contribution in [0.25, 0.3) is 0 Å². The summed E-state index contributed by atoms with van der Waals surface area (Å²) in [5.74, 6) is 1.77. The largest absolute Gasteiger partial charge is 0.330 e. The van der Waals surface area contributed by atoms with E-state index in [2.05, 4.69) is 20.8 Å². The van der Waals surface area contributed by atoms with E-state index in [0.29, 0.717) is 10.8 Å². The van der Waals surface area contributed by atoms with E-state index in [4.69, 9.17) is 5.73 Å². The highest BCUT2D eigenvalue weighted by molar-refractivity contribution is 5.18. The molecule has 2 unspecified atom stereocenters. The van der Waals surface area contributed by atoms with E-state index >= 15 is 0 Å². The Morgan fingerprint density at radius 1 is 1.25 bits per heavy atom. The van der Waals surface area contributed by atoms with Gasteiger partial charge in [-0.3, -0.25) is 0 Å². The average Bonchev–Trinajstić information content (AvgIpc) is 2.23. The molecule has 0 spiro atoms. The molecule has 0 aromatic heterocycles. The monoisotopic (exact) mass is 167 g/mol. The Balaban J connectivity index is 2.12. The van der Waals surface area contributed by atoms with Gasteiger partial charge in [-0.25, -0.2) is 0 Å². The zero-order valence-corrected chi connectivity index (χ0v) is 8.56. The normalized spacial score (nSPS) is 45.5. The predicted molar refractivity (Wildman–Crippen MR) is 51.8 cm³/mol. The van der Waals surface area contributed by atoms with Crippen molar-refractivity contribution < 1.29 is 0 Å². The van der Waals surface area contributed by atoms with Gasteiger partial charge in [0.25, 0.3) is 0 Å². The summed E-state index contributed by atoms with van der Waals surface area (Å²) in [7, 11) is 0. The molecule has 0 aromatic rings. The van der Waals surface area contributed by atoms with Crippen LogP contribution in [0.4, 0.5) is 0 Å². The van der Waals surface area contributed by atoms with Gasteiger partial charge in [0.1, 0.15) is 0 Å². The van der Waals surface area contributed by atoms with Crippen LogP contribution in [0, 0.1) is 22.7 Å². The van der Waals surface area contributed by atoms with E-state index in [1.807, 2.05) is 0 Å². The summed E-state index contributed by atoms with van der Waals surface area (Å²) in [4.78, 5) is 0. The Bertz CT molecular complexity index is 193. The Morgan fingerprint density at radius 2 is 1.83 bits per heavy atom. The molecule has 12 heavy (non-hydrogen) atoms. The van der Waals surface area contributed by atoms with Gasteiger partial charge in [-0.2, -0.15) is 0 Å². The molecule has 0 saturated heterocycles. The minimum absolute atomic E-state index is 0.521. The molecule has 2 fully saturated rings. The molecule has 2 aliphatic rings. The molecule has 2 atom stereocenters. The Hall–Kier alpha value is -0.0400. The van der Waals surface area contributed by atoms with Gasteiger partial charge >= 0.3 is 0 Å². The summed E-state index contributed by atoms with van der Waals surface area (Å²) in [6.45, 7) is 8.13. The first-order valence-corrected chi connectivity index (χ1v) is 5.25. The highest BCUT2D eigenvalue weighted by Crippen LogP contribution is 2.74. The SMILES string of the molecule is CC1(C)C(CN)C1(C)C1CCC1. The van der Waals surface area contributed by atoms with Crippen molar-refractivity contribution in [3.8, 4) is 0 Å². The highest BCUT2D eigenvalue weighted by atomic mass is 14.8. The van der Waals surface area contributed by atoms with Gasteiger partial charge in [0, 0.05) is 0 Å². The van der Waals surface area contributed by atoms with Crippen LogP contribution in [0.2, 0.25) is 0 Å². The van der Waals surface area contributed by atoms with Gasteiger partial charge in [-0.05, 0) is 42.1 Å². The minimum atomic E-state index is 0.521. The maximum absolute atomic E-state index is 5.80. The van der Waals surface area contributed by atoms with Crippen LogP contribution in [-0.4, -0.2) is 6.54 Å². The summed E-state index contributed by atoms with van der Waals surface area (Å²) in [5, 5.41) is 0. The number of hydrogen-bond acceptors (Lipinski definition) is 1. The van der Waals surface area contributed by atoms with Crippen LogP contribution in [-0.2, 0) is 0 Å². The standard InChI is InChI=1S/C11H21N/c1-10(2)9(7-12)11(10,3)8-5-4-6-8/h8-9H,4-7,12H2,1-3H3. The smallest absolute Gasteiger partial charge is 0.00380 e. The van der Waals surface area contributed by atoms with Crippen molar-refractivity contribution in [2.75, 3.05) is 6.54 Å². The number of hydrogen-bond donors (Lipinski definition) is 1. The summed E-state index contributed by atoms with van der Waals surface area (Å²) >= 11 is 0. The molecule has 0 aromatic carbocycles. The lowest BCUT2D eigenvalue weighted by molar-refractivity contribution is 0.158. The van der Waals surface area contributed by atoms with Crippen LogP contribution < -0.4 is 5.73 Å². The molecule has 70 valence electrons. The van der Waals surface area contributed by atoms with E-state index in [9.17, 15) is 0 Å². The molecular weight excluding hydrogens is 146 g/mol. The van der Waals surface area contributed by atoms with Gasteiger partial charge in [0.2, 0.25) is 0 Å². The zero-order valence-electron chi connectivity index (χ0n) is 8.56. The summed E-state index contributed by atoms with van der Waals surface area (Å²) in [5.41, 5.74) is 6.91. The van der Waals surface area contributed by atoms with Crippen molar-refractivity contribution >= 4 is 0 Å². The van der Waals surface area contributed by atoms with Gasteiger partial charge in [0.15, 0.2) is 0 Å². The fourth-order valence-corrected chi connectivity index (χ4v) is 3.50. The molecule has 0 radical (unpaired) electrons. The van der Waals surface area contributed by atoms with Gasteiger partial charge in [-0.15, -0.1) is 0 Å². The minimum Gasteiger partial charge on any atom is -0.330 e. The highest BCUT2D eigenvalue weighted by Gasteiger charge is 2.70. The lowest BCUT2D eigenvalue weighted by atomic mass is 9.71. The molecule has 2 saturated carbocycles. The number of nitrogens with two attached hydrogens (primary N) is 1. The molecule has 0 aliphatic heterocycles. The molecular formula is C11H21N. The quantitative estimate of drug-likeness (QED) is 0.671. The second-order valence-electron chi connectivity index (χ2n) is 5.42. The van der Waals surface area contributed by atoms with E-state index in [0.717, 1.165) is 18.4 Å². The maximum atomic E-state index is 5.80. The van der Waals surface area contributed by atoms with E-state index < -0.39 is 0 Å². The van der Waals surface area contributed by atoms with Crippen LogP contribution >= 0.6 is 0 Å². The summed E-state index contributed by atoms with van der Waals surface area (Å²) in [6.07, 6.45) is 4.36. The molecule has 1 heteroatoms. The topological polar surface area (TPSA) is 26.0 Å².